The predicted octanol–water partition coefficient (Wildman–Crippen LogP) is 2.40. The van der Waals surface area contributed by atoms with Crippen molar-refractivity contribution in [2.75, 3.05) is 5.32 Å². The summed E-state index contributed by atoms with van der Waals surface area (Å²) in [7, 11) is 0. The Morgan fingerprint density at radius 3 is 2.83 bits per heavy atom. The number of nitrogens with one attached hydrogen (secondary N) is 1. The quantitative estimate of drug-likeness (QED) is 0.332. The van der Waals surface area contributed by atoms with Crippen LogP contribution in [-0.2, 0) is 4.84 Å². The van der Waals surface area contributed by atoms with E-state index in [1.165, 1.54) is 0 Å². The third kappa shape index (κ3) is 3.26. The lowest BCUT2D eigenvalue weighted by Crippen LogP contribution is -2.17. The molecule has 0 radical (unpaired) electrons. The van der Waals surface area contributed by atoms with Crippen LogP contribution in [0.15, 0.2) is 52.2 Å². The number of carbonyl (C=O) groups excluding carboxylic acids is 1. The number of hydrogen-bond acceptors (Lipinski definition) is 6. The fourth-order valence-corrected chi connectivity index (χ4v) is 1.93. The second-order valence-electron chi connectivity index (χ2n) is 4.76. The summed E-state index contributed by atoms with van der Waals surface area (Å²) in [6.07, 6.45) is -0.730. The first kappa shape index (κ1) is 14.5. The van der Waals surface area contributed by atoms with Crippen LogP contribution < -0.4 is 11.1 Å². The molecule has 0 unspecified atom stereocenters. The molecule has 3 rings (SSSR count). The van der Waals surface area contributed by atoms with E-state index in [0.29, 0.717) is 22.3 Å². The summed E-state index contributed by atoms with van der Waals surface area (Å²) in [6, 6.07) is 12.3. The molecular weight excluding hydrogens is 298 g/mol. The zero-order valence-corrected chi connectivity index (χ0v) is 12.2. The summed E-state index contributed by atoms with van der Waals surface area (Å²) in [5, 5.41) is 13.6. The predicted molar refractivity (Wildman–Crippen MR) is 83.8 cm³/mol. The summed E-state index contributed by atoms with van der Waals surface area (Å²) in [6.45, 7) is 1.87. The van der Waals surface area contributed by atoms with Gasteiger partial charge in [0, 0.05) is 11.3 Å². The van der Waals surface area contributed by atoms with Gasteiger partial charge in [0.1, 0.15) is 11.0 Å². The lowest BCUT2D eigenvalue weighted by atomic mass is 10.2. The molecule has 0 aliphatic rings. The van der Waals surface area contributed by atoms with Crippen LogP contribution in [-0.4, -0.2) is 22.2 Å². The molecule has 3 aromatic rings. The molecule has 0 aliphatic carbocycles. The van der Waals surface area contributed by atoms with Gasteiger partial charge < -0.3 is 5.73 Å². The van der Waals surface area contributed by atoms with Crippen molar-refractivity contribution >= 4 is 28.6 Å². The molecule has 23 heavy (non-hydrogen) atoms. The number of nitrogens with zero attached hydrogens (tertiary/aromatic N) is 3. The van der Waals surface area contributed by atoms with E-state index in [1.54, 1.807) is 30.3 Å². The summed E-state index contributed by atoms with van der Waals surface area (Å²) >= 11 is 0. The van der Waals surface area contributed by atoms with E-state index in [0.717, 1.165) is 5.56 Å². The Balaban J connectivity index is 1.68. The van der Waals surface area contributed by atoms with E-state index in [9.17, 15) is 4.79 Å². The highest BCUT2D eigenvalue weighted by atomic mass is 16.7. The largest absolute Gasteiger partial charge is 0.437 e. The molecule has 0 bridgehead atoms. The summed E-state index contributed by atoms with van der Waals surface area (Å²) in [4.78, 5) is 16.5. The van der Waals surface area contributed by atoms with E-state index >= 15 is 0 Å². The van der Waals surface area contributed by atoms with Gasteiger partial charge >= 0.3 is 6.09 Å². The molecule has 0 spiro atoms. The van der Waals surface area contributed by atoms with Gasteiger partial charge in [-0.3, -0.25) is 10.2 Å². The number of aryl methyl sites for hydroxylation is 1. The van der Waals surface area contributed by atoms with Gasteiger partial charge in [-0.1, -0.05) is 23.4 Å². The first-order valence-corrected chi connectivity index (χ1v) is 6.73. The van der Waals surface area contributed by atoms with Gasteiger partial charge in [-0.2, -0.15) is 0 Å². The number of hydrogen-bond donors (Lipinski definition) is 2. The molecule has 0 aliphatic heterocycles. The second kappa shape index (κ2) is 6.14. The Kier molecular flexibility index (Phi) is 3.88. The molecule has 3 N–H and O–H groups in total. The van der Waals surface area contributed by atoms with Crippen molar-refractivity contribution < 1.29 is 14.3 Å². The van der Waals surface area contributed by atoms with Gasteiger partial charge in [-0.25, -0.2) is 9.42 Å². The number of fused-ring (bicyclic) bond motifs is 1. The fourth-order valence-electron chi connectivity index (χ4n) is 1.93. The van der Waals surface area contributed by atoms with Crippen molar-refractivity contribution in [1.82, 2.24) is 10.3 Å². The van der Waals surface area contributed by atoms with E-state index < -0.39 is 6.09 Å². The maximum absolute atomic E-state index is 11.7. The van der Waals surface area contributed by atoms with Crippen molar-refractivity contribution in [3.63, 3.8) is 0 Å². The van der Waals surface area contributed by atoms with Crippen LogP contribution in [0.1, 0.15) is 11.1 Å². The summed E-state index contributed by atoms with van der Waals surface area (Å²) < 4.78 is 4.60. The van der Waals surface area contributed by atoms with Crippen LogP contribution in [0.3, 0.4) is 0 Å². The standard InChI is InChI=1S/C15H13N5O3/c1-9-4-2-3-5-11(9)17-15(21)22-20-14(16)10-6-7-12-13(8-10)19-23-18-12/h2-8H,1H3,(H2,16,20)(H,17,21). The van der Waals surface area contributed by atoms with E-state index in [-0.39, 0.29) is 5.84 Å². The molecule has 0 saturated carbocycles. The number of oxime groups is 1. The smallest absolute Gasteiger partial charge is 0.380 e. The van der Waals surface area contributed by atoms with Crippen LogP contribution in [0.2, 0.25) is 0 Å². The number of rotatable bonds is 3. The molecule has 116 valence electrons. The number of amides is 1. The van der Waals surface area contributed by atoms with Crippen LogP contribution in [0, 0.1) is 6.92 Å². The third-order valence-corrected chi connectivity index (χ3v) is 3.16. The molecule has 8 heteroatoms. The van der Waals surface area contributed by atoms with Crippen molar-refractivity contribution in [2.24, 2.45) is 10.9 Å². The fraction of sp³-hybridized carbons (Fsp3) is 0.0667. The first-order valence-electron chi connectivity index (χ1n) is 6.73. The highest BCUT2D eigenvalue weighted by Gasteiger charge is 2.08. The van der Waals surface area contributed by atoms with Crippen LogP contribution in [0.5, 0.6) is 0 Å². The molecule has 0 atom stereocenters. The van der Waals surface area contributed by atoms with Crippen LogP contribution >= 0.6 is 0 Å². The Hall–Kier alpha value is -3.42. The van der Waals surface area contributed by atoms with Gasteiger partial charge in [-0.15, -0.1) is 0 Å². The number of anilines is 1. The Morgan fingerprint density at radius 1 is 1.22 bits per heavy atom. The molecule has 0 saturated heterocycles. The van der Waals surface area contributed by atoms with Crippen molar-refractivity contribution in [2.45, 2.75) is 6.92 Å². The van der Waals surface area contributed by atoms with Crippen molar-refractivity contribution in [1.29, 1.82) is 0 Å². The molecule has 0 fully saturated rings. The zero-order chi connectivity index (χ0) is 16.2. The number of amidine groups is 1. The molecule has 1 heterocycles. The van der Waals surface area contributed by atoms with Gasteiger partial charge in [0.25, 0.3) is 0 Å². The molecular formula is C15H13N5O3. The topological polar surface area (TPSA) is 116 Å². The van der Waals surface area contributed by atoms with E-state index in [1.807, 2.05) is 19.1 Å². The number of benzene rings is 2. The maximum Gasteiger partial charge on any atom is 0.437 e. The average Bonchev–Trinajstić information content (AvgIpc) is 3.02. The normalized spacial score (nSPS) is 11.4. The third-order valence-electron chi connectivity index (χ3n) is 3.16. The second-order valence-corrected chi connectivity index (χ2v) is 4.76. The lowest BCUT2D eigenvalue weighted by Gasteiger charge is -2.06. The van der Waals surface area contributed by atoms with Crippen molar-refractivity contribution in [3.05, 3.63) is 53.6 Å². The highest BCUT2D eigenvalue weighted by Crippen LogP contribution is 2.14. The van der Waals surface area contributed by atoms with Gasteiger partial charge in [0.05, 0.1) is 0 Å². The number of para-hydroxylation sites is 1. The number of nitrogens with two attached hydrogens (primary N) is 1. The van der Waals surface area contributed by atoms with Gasteiger partial charge in [-0.05, 0) is 47.1 Å². The van der Waals surface area contributed by atoms with E-state index in [4.69, 9.17) is 10.6 Å². The zero-order valence-electron chi connectivity index (χ0n) is 12.2. The minimum atomic E-state index is -0.730. The van der Waals surface area contributed by atoms with Gasteiger partial charge in [0.2, 0.25) is 0 Å². The number of carbonyl (C=O) groups is 1. The van der Waals surface area contributed by atoms with Crippen LogP contribution in [0.25, 0.3) is 11.0 Å². The Morgan fingerprint density at radius 2 is 2.00 bits per heavy atom. The van der Waals surface area contributed by atoms with Crippen molar-refractivity contribution in [3.8, 4) is 0 Å². The summed E-state index contributed by atoms with van der Waals surface area (Å²) in [5.74, 6) is 0.0369. The minimum Gasteiger partial charge on any atom is -0.380 e. The maximum atomic E-state index is 11.7. The summed E-state index contributed by atoms with van der Waals surface area (Å²) in [5.41, 5.74) is 9.01. The Bertz CT molecular complexity index is 887. The SMILES string of the molecule is Cc1ccccc1NC(=O)O/N=C(\N)c1ccc2nonc2c1. The van der Waals surface area contributed by atoms with E-state index in [2.05, 4.69) is 25.4 Å². The average molecular weight is 311 g/mol. The molecule has 1 amide bonds. The molecule has 1 aromatic heterocycles. The first-order chi connectivity index (χ1) is 11.1. The molecule has 2 aromatic carbocycles. The lowest BCUT2D eigenvalue weighted by molar-refractivity contribution is 0.166. The highest BCUT2D eigenvalue weighted by molar-refractivity contribution is 6.00. The monoisotopic (exact) mass is 311 g/mol. The van der Waals surface area contributed by atoms with Gasteiger partial charge in [0.15, 0.2) is 5.84 Å². The van der Waals surface area contributed by atoms with Crippen LogP contribution in [0.4, 0.5) is 10.5 Å². The number of aromatic nitrogens is 2. The Labute approximate surface area is 130 Å². The molecule has 8 nitrogen and oxygen atoms in total. The minimum absolute atomic E-state index is 0.0369.